The normalized spacial score (nSPS) is 11.9. The van der Waals surface area contributed by atoms with Crippen LogP contribution in [0.4, 0.5) is 0 Å². The van der Waals surface area contributed by atoms with E-state index in [4.69, 9.17) is 23.2 Å². The fourth-order valence-electron chi connectivity index (χ4n) is 0.879. The number of nitrogens with zero attached hydrogens (tertiary/aromatic N) is 1. The lowest BCUT2D eigenvalue weighted by molar-refractivity contribution is 0.762. The first-order valence-electron chi connectivity index (χ1n) is 3.55. The second-order valence-electron chi connectivity index (χ2n) is 2.50. The maximum absolute atomic E-state index is 11.5. The number of hydrogen-bond donors (Lipinski definition) is 0. The van der Waals surface area contributed by atoms with Crippen molar-refractivity contribution in [1.82, 2.24) is 4.57 Å². The summed E-state index contributed by atoms with van der Waals surface area (Å²) in [7, 11) is 0. The van der Waals surface area contributed by atoms with Gasteiger partial charge in [0.25, 0.3) is 5.56 Å². The Balaban J connectivity index is 3.15. The lowest BCUT2D eigenvalue weighted by Crippen LogP contribution is -2.20. The van der Waals surface area contributed by atoms with Gasteiger partial charge in [0.1, 0.15) is 0 Å². The monoisotopic (exact) mass is 359 g/mol. The minimum atomic E-state index is -0.148. The molecule has 1 rings (SSSR count). The van der Waals surface area contributed by atoms with Gasteiger partial charge in [-0.05, 0) is 37.9 Å². The molecular weight excluding hydrogens is 357 g/mol. The van der Waals surface area contributed by atoms with Gasteiger partial charge in [-0.2, -0.15) is 0 Å². The molecule has 1 aromatic heterocycles. The molecule has 0 unspecified atom stereocenters. The van der Waals surface area contributed by atoms with Crippen molar-refractivity contribution in [3.63, 3.8) is 0 Å². The highest BCUT2D eigenvalue weighted by Gasteiger charge is 2.03. The van der Waals surface area contributed by atoms with Crippen LogP contribution >= 0.6 is 55.1 Å². The number of allylic oxidation sites excluding steroid dienone is 1. The molecule has 0 bridgehead atoms. The van der Waals surface area contributed by atoms with Crippen LogP contribution in [0.5, 0.6) is 0 Å². The van der Waals surface area contributed by atoms with Gasteiger partial charge in [0, 0.05) is 21.2 Å². The van der Waals surface area contributed by atoms with Crippen molar-refractivity contribution in [3.05, 3.63) is 42.1 Å². The maximum atomic E-state index is 11.5. The van der Waals surface area contributed by atoms with Gasteiger partial charge >= 0.3 is 0 Å². The van der Waals surface area contributed by atoms with Crippen LogP contribution in [0.1, 0.15) is 0 Å². The molecule has 2 nitrogen and oxygen atoms in total. The number of rotatable bonds is 2. The topological polar surface area (TPSA) is 22.0 Å². The average molecular weight is 362 g/mol. The van der Waals surface area contributed by atoms with E-state index in [0.29, 0.717) is 9.51 Å². The molecule has 0 aromatic carbocycles. The van der Waals surface area contributed by atoms with E-state index in [-0.39, 0.29) is 12.1 Å². The van der Waals surface area contributed by atoms with E-state index in [1.807, 2.05) is 0 Å². The quantitative estimate of drug-likeness (QED) is 0.787. The molecule has 0 saturated carbocycles. The Morgan fingerprint density at radius 1 is 1.57 bits per heavy atom. The molecule has 0 fully saturated rings. The van der Waals surface area contributed by atoms with Crippen molar-refractivity contribution in [1.29, 1.82) is 0 Å². The van der Waals surface area contributed by atoms with E-state index in [2.05, 4.69) is 31.9 Å². The van der Waals surface area contributed by atoms with Crippen molar-refractivity contribution in [2.75, 3.05) is 0 Å². The van der Waals surface area contributed by atoms with Crippen molar-refractivity contribution in [2.45, 2.75) is 6.54 Å². The summed E-state index contributed by atoms with van der Waals surface area (Å²) in [6, 6.07) is 1.68. The van der Waals surface area contributed by atoms with E-state index in [0.717, 1.165) is 4.47 Å². The molecule has 1 heterocycles. The SMILES string of the molecule is O=c1c(Br)cc(Br)cn1C/C(Cl)=C\Cl. The van der Waals surface area contributed by atoms with Crippen molar-refractivity contribution in [3.8, 4) is 0 Å². The summed E-state index contributed by atoms with van der Waals surface area (Å²) in [5, 5.41) is 0.402. The Labute approximate surface area is 108 Å². The summed E-state index contributed by atoms with van der Waals surface area (Å²) in [6.45, 7) is 0.266. The molecule has 0 atom stereocenters. The first-order valence-corrected chi connectivity index (χ1v) is 5.95. The summed E-state index contributed by atoms with van der Waals surface area (Å²) in [5.41, 5.74) is 1.09. The van der Waals surface area contributed by atoms with E-state index in [1.54, 1.807) is 12.3 Å². The van der Waals surface area contributed by atoms with Crippen molar-refractivity contribution >= 4 is 55.1 Å². The molecule has 0 N–H and O–H groups in total. The highest BCUT2D eigenvalue weighted by Crippen LogP contribution is 2.14. The third kappa shape index (κ3) is 3.12. The van der Waals surface area contributed by atoms with Gasteiger partial charge in [0.05, 0.1) is 11.0 Å². The molecule has 1 aromatic rings. The highest BCUT2D eigenvalue weighted by atomic mass is 79.9. The molecule has 0 aliphatic rings. The number of pyridine rings is 1. The van der Waals surface area contributed by atoms with Crippen LogP contribution in [0, 0.1) is 0 Å². The minimum Gasteiger partial charge on any atom is -0.308 e. The summed E-state index contributed by atoms with van der Waals surface area (Å²) >= 11 is 17.5. The number of aromatic nitrogens is 1. The molecule has 0 saturated heterocycles. The average Bonchev–Trinajstić information content (AvgIpc) is 2.13. The Morgan fingerprint density at radius 2 is 2.21 bits per heavy atom. The van der Waals surface area contributed by atoms with Gasteiger partial charge in [0.15, 0.2) is 0 Å². The van der Waals surface area contributed by atoms with Gasteiger partial charge < -0.3 is 4.57 Å². The molecule has 0 spiro atoms. The van der Waals surface area contributed by atoms with Crippen molar-refractivity contribution < 1.29 is 0 Å². The van der Waals surface area contributed by atoms with Gasteiger partial charge in [-0.15, -0.1) is 0 Å². The van der Waals surface area contributed by atoms with Crippen molar-refractivity contribution in [2.24, 2.45) is 0 Å². The fourth-order valence-corrected chi connectivity index (χ4v) is 2.33. The standard InChI is InChI=1S/C8H5Br2Cl2NO/c9-5-1-7(10)8(14)13(3-5)4-6(12)2-11/h1-3H,4H2/b6-2+. The van der Waals surface area contributed by atoms with E-state index in [9.17, 15) is 4.79 Å². The zero-order chi connectivity index (χ0) is 10.7. The van der Waals surface area contributed by atoms with Crippen LogP contribution in [-0.2, 0) is 6.54 Å². The Bertz CT molecular complexity index is 428. The van der Waals surface area contributed by atoms with Crippen LogP contribution in [0.15, 0.2) is 36.6 Å². The van der Waals surface area contributed by atoms with Crippen LogP contribution < -0.4 is 5.56 Å². The van der Waals surface area contributed by atoms with Gasteiger partial charge in [-0.25, -0.2) is 0 Å². The minimum absolute atomic E-state index is 0.148. The molecular formula is C8H5Br2Cl2NO. The highest BCUT2D eigenvalue weighted by molar-refractivity contribution is 9.11. The molecule has 14 heavy (non-hydrogen) atoms. The molecule has 6 heteroatoms. The summed E-state index contributed by atoms with van der Waals surface area (Å²) in [5.74, 6) is 0. The predicted molar refractivity (Wildman–Crippen MR) is 65.9 cm³/mol. The van der Waals surface area contributed by atoms with Gasteiger partial charge in [0.2, 0.25) is 0 Å². The molecule has 0 amide bonds. The molecule has 0 aliphatic heterocycles. The van der Waals surface area contributed by atoms with Crippen LogP contribution in [0.2, 0.25) is 0 Å². The van der Waals surface area contributed by atoms with Crippen LogP contribution in [-0.4, -0.2) is 4.57 Å². The number of hydrogen-bond acceptors (Lipinski definition) is 1. The molecule has 0 aliphatic carbocycles. The fraction of sp³-hybridized carbons (Fsp3) is 0.125. The molecule has 76 valence electrons. The van der Waals surface area contributed by atoms with Gasteiger partial charge in [-0.3, -0.25) is 4.79 Å². The maximum Gasteiger partial charge on any atom is 0.265 e. The van der Waals surface area contributed by atoms with Gasteiger partial charge in [-0.1, -0.05) is 23.2 Å². The Hall–Kier alpha value is 0.230. The second kappa shape index (κ2) is 5.35. The number of halogens is 4. The Kier molecular flexibility index (Phi) is 4.70. The Morgan fingerprint density at radius 3 is 2.79 bits per heavy atom. The third-order valence-electron chi connectivity index (χ3n) is 1.45. The lowest BCUT2D eigenvalue weighted by atomic mass is 10.4. The smallest absolute Gasteiger partial charge is 0.265 e. The second-order valence-corrected chi connectivity index (χ2v) is 4.97. The largest absolute Gasteiger partial charge is 0.308 e. The van der Waals surface area contributed by atoms with E-state index < -0.39 is 0 Å². The summed E-state index contributed by atoms with van der Waals surface area (Å²) in [6.07, 6.45) is 1.65. The zero-order valence-electron chi connectivity index (χ0n) is 6.81. The summed E-state index contributed by atoms with van der Waals surface area (Å²) in [4.78, 5) is 11.5. The predicted octanol–water partition coefficient (Wildman–Crippen LogP) is 3.69. The molecule has 0 radical (unpaired) electrons. The first-order chi connectivity index (χ1) is 6.54. The van der Waals surface area contributed by atoms with E-state index in [1.165, 1.54) is 10.1 Å². The van der Waals surface area contributed by atoms with Crippen LogP contribution in [0.3, 0.4) is 0 Å². The van der Waals surface area contributed by atoms with Crippen LogP contribution in [0.25, 0.3) is 0 Å². The zero-order valence-corrected chi connectivity index (χ0v) is 11.5. The van der Waals surface area contributed by atoms with E-state index >= 15 is 0 Å². The lowest BCUT2D eigenvalue weighted by Gasteiger charge is -2.05. The third-order valence-corrected chi connectivity index (χ3v) is 3.05. The first kappa shape index (κ1) is 12.3. The summed E-state index contributed by atoms with van der Waals surface area (Å²) < 4.78 is 2.73.